The predicted molar refractivity (Wildman–Crippen MR) is 361 cm³/mol. The summed E-state index contributed by atoms with van der Waals surface area (Å²) in [6.07, 6.45) is 18.4. The molecule has 0 heterocycles. The van der Waals surface area contributed by atoms with Crippen molar-refractivity contribution in [3.8, 4) is 0 Å². The molecule has 12 rings (SSSR count). The van der Waals surface area contributed by atoms with Gasteiger partial charge < -0.3 is 0 Å². The van der Waals surface area contributed by atoms with Gasteiger partial charge >= 0.3 is 530 Å². The molecule has 9 aromatic rings. The maximum atomic E-state index is 19.2. The van der Waals surface area contributed by atoms with Crippen LogP contribution in [0.3, 0.4) is 0 Å². The summed E-state index contributed by atoms with van der Waals surface area (Å²) >= 11 is -6.78. The summed E-state index contributed by atoms with van der Waals surface area (Å²) in [5.41, 5.74) is 10.8. The number of benzene rings is 9. The molecule has 0 atom stereocenters. The Morgan fingerprint density at radius 2 is 0.395 bits per heavy atom. The van der Waals surface area contributed by atoms with Gasteiger partial charge in [-0.1, -0.05) is 0 Å². The first-order valence-electron chi connectivity index (χ1n) is 31.8. The van der Waals surface area contributed by atoms with Crippen LogP contribution in [0.4, 0.5) is 0 Å². The van der Waals surface area contributed by atoms with Crippen molar-refractivity contribution in [1.29, 1.82) is 0 Å². The fourth-order valence-corrected chi connectivity index (χ4v) is 38.1. The molecule has 3 saturated carbocycles. The molecule has 4 nitrogen and oxygen atoms in total. The fourth-order valence-electron chi connectivity index (χ4n) is 13.5. The van der Waals surface area contributed by atoms with Crippen molar-refractivity contribution in [3.05, 3.63) is 268 Å². The SMILES string of the molecule is Cc1ccc(S([O][Sb](=[O])([O]S(c2ccc(C)cc2)(c2ccc(C)cc2)c2ccc(C3CCCCC3)cc2)[O]S(c2ccc(C)cc2)(c2ccc(C)cc2)c2ccc(C3CCCCC3)cc2)(c2ccc(C)cc2)c2ccc(C3CCCCC3)cc2)cc1. The standard InChI is InChI=1S/3C26H30OS.O.Sb/c3*1-20-8-14-24(15-9-20)28(27,25-16-10-21(2)11-17-25)26-18-12-23(13-19-26)22-6-4-3-5-7-22;;/h3*8-19,22,27H,3-7H2,1-2H3;;/q;;;;+3/p-3. The predicted octanol–water partition coefficient (Wildman–Crippen LogP) is 23.6. The van der Waals surface area contributed by atoms with Crippen LogP contribution in [0.1, 0.15) is 164 Å². The Kier molecular flexibility index (Phi) is 18.9. The van der Waals surface area contributed by atoms with Gasteiger partial charge in [-0.2, -0.15) is 0 Å². The Bertz CT molecular complexity index is 3180. The molecule has 0 amide bonds. The van der Waals surface area contributed by atoms with Crippen LogP contribution in [0.5, 0.6) is 0 Å². The molecule has 86 heavy (non-hydrogen) atoms. The Labute approximate surface area is 525 Å². The molecule has 0 bridgehead atoms. The second kappa shape index (κ2) is 26.7. The van der Waals surface area contributed by atoms with Crippen LogP contribution < -0.4 is 0 Å². The molecule has 3 aliphatic rings. The summed E-state index contributed by atoms with van der Waals surface area (Å²) in [5, 5.41) is 0. The van der Waals surface area contributed by atoms with Crippen molar-refractivity contribution < 1.29 is 10.4 Å². The second-order valence-corrected chi connectivity index (χ2v) is 39.3. The van der Waals surface area contributed by atoms with Gasteiger partial charge in [-0.25, -0.2) is 0 Å². The molecular weight excluding hydrogens is 1220 g/mol. The van der Waals surface area contributed by atoms with Gasteiger partial charge in [0.1, 0.15) is 0 Å². The van der Waals surface area contributed by atoms with Crippen molar-refractivity contribution in [2.24, 2.45) is 0 Å². The Hall–Kier alpha value is -5.47. The van der Waals surface area contributed by atoms with E-state index < -0.39 is 51.0 Å². The average molecular weight is 1310 g/mol. The van der Waals surface area contributed by atoms with Gasteiger partial charge in [0.25, 0.3) is 0 Å². The third-order valence-electron chi connectivity index (χ3n) is 18.6. The van der Waals surface area contributed by atoms with E-state index in [-0.39, 0.29) is 0 Å². The zero-order valence-corrected chi connectivity index (χ0v) is 56.4. The molecule has 3 fully saturated rings. The number of rotatable bonds is 18. The van der Waals surface area contributed by atoms with Crippen LogP contribution in [0.2, 0.25) is 0 Å². The van der Waals surface area contributed by atoms with E-state index in [2.05, 4.69) is 260 Å². The summed E-state index contributed by atoms with van der Waals surface area (Å²) in [6, 6.07) is 80.4. The fraction of sp³-hybridized carbons (Fsp3) is 0.308. The van der Waals surface area contributed by atoms with E-state index in [1.54, 1.807) is 0 Å². The van der Waals surface area contributed by atoms with Gasteiger partial charge in [-0.05, 0) is 0 Å². The zero-order valence-electron chi connectivity index (χ0n) is 51.4. The van der Waals surface area contributed by atoms with E-state index in [1.165, 1.54) is 113 Å². The number of hydrogen-bond acceptors (Lipinski definition) is 4. The molecule has 0 spiro atoms. The summed E-state index contributed by atoms with van der Waals surface area (Å²) in [6.45, 7) is 12.8. The van der Waals surface area contributed by atoms with Crippen LogP contribution in [-0.2, 0) is 10.4 Å². The van der Waals surface area contributed by atoms with Crippen LogP contribution in [0, 0.1) is 41.5 Å². The Balaban J connectivity index is 1.19. The Morgan fingerprint density at radius 3 is 0.558 bits per heavy atom. The molecule has 3 aliphatic carbocycles. The normalized spacial score (nSPS) is 16.6. The van der Waals surface area contributed by atoms with E-state index in [0.717, 1.165) is 77.4 Å². The molecular formula is C78H87O4S3Sb. The van der Waals surface area contributed by atoms with Crippen LogP contribution in [-0.4, -0.2) is 20.1 Å². The van der Waals surface area contributed by atoms with Crippen molar-refractivity contribution in [1.82, 2.24) is 0 Å². The third kappa shape index (κ3) is 12.7. The van der Waals surface area contributed by atoms with Gasteiger partial charge in [-0.3, -0.25) is 0 Å². The van der Waals surface area contributed by atoms with Crippen LogP contribution in [0.15, 0.2) is 262 Å². The first-order valence-corrected chi connectivity index (χ1v) is 40.6. The van der Waals surface area contributed by atoms with E-state index in [1.807, 2.05) is 0 Å². The minimum atomic E-state index is -6.78. The van der Waals surface area contributed by atoms with Gasteiger partial charge in [0.05, 0.1) is 0 Å². The molecule has 0 saturated heterocycles. The number of hydrogen-bond donors (Lipinski definition) is 0. The van der Waals surface area contributed by atoms with E-state index in [9.17, 15) is 0 Å². The summed E-state index contributed by atoms with van der Waals surface area (Å²) in [7, 11) is -9.08. The third-order valence-corrected chi connectivity index (χ3v) is 38.7. The number of aryl methyl sites for hydroxylation is 6. The van der Waals surface area contributed by atoms with E-state index in [0.29, 0.717) is 17.8 Å². The molecule has 0 radical (unpaired) electrons. The van der Waals surface area contributed by atoms with E-state index in [4.69, 9.17) is 7.38 Å². The van der Waals surface area contributed by atoms with Crippen molar-refractivity contribution in [3.63, 3.8) is 0 Å². The van der Waals surface area contributed by atoms with Crippen molar-refractivity contribution >= 4 is 51.0 Å². The van der Waals surface area contributed by atoms with Gasteiger partial charge in [0, 0.05) is 0 Å². The molecule has 446 valence electrons. The monoisotopic (exact) mass is 1300 g/mol. The molecule has 9 aromatic carbocycles. The average Bonchev–Trinajstić information content (AvgIpc) is 0.931. The molecule has 8 heteroatoms. The quantitative estimate of drug-likeness (QED) is 0.0803. The van der Waals surface area contributed by atoms with Gasteiger partial charge in [0.15, 0.2) is 0 Å². The van der Waals surface area contributed by atoms with Crippen LogP contribution in [0.25, 0.3) is 0 Å². The summed E-state index contributed by atoms with van der Waals surface area (Å²) in [5.74, 6) is 1.46. The maximum absolute atomic E-state index is 19.2. The minimum absolute atomic E-state index is 0.487. The van der Waals surface area contributed by atoms with Crippen molar-refractivity contribution in [2.75, 3.05) is 0 Å². The Morgan fingerprint density at radius 1 is 0.244 bits per heavy atom. The molecule has 0 aromatic heterocycles. The van der Waals surface area contributed by atoms with Crippen LogP contribution >= 0.6 is 30.9 Å². The topological polar surface area (TPSA) is 44.8 Å². The first-order chi connectivity index (χ1) is 41.8. The molecule has 0 aliphatic heterocycles. The molecule has 0 unspecified atom stereocenters. The van der Waals surface area contributed by atoms with E-state index >= 15 is 3.02 Å². The molecule has 0 N–H and O–H groups in total. The summed E-state index contributed by atoms with van der Waals surface area (Å²) < 4.78 is 44.9. The van der Waals surface area contributed by atoms with Gasteiger partial charge in [-0.15, -0.1) is 0 Å². The van der Waals surface area contributed by atoms with Gasteiger partial charge in [0.2, 0.25) is 0 Å². The van der Waals surface area contributed by atoms with Crippen molar-refractivity contribution in [2.45, 2.75) is 200 Å². The summed E-state index contributed by atoms with van der Waals surface area (Å²) in [4.78, 5) is 8.35. The zero-order chi connectivity index (χ0) is 59.3. The first kappa shape index (κ1) is 60.8. The second-order valence-electron chi connectivity index (χ2n) is 24.9.